The first-order chi connectivity index (χ1) is 14.3. The molecular weight excluding hydrogens is 420 g/mol. The Morgan fingerprint density at radius 1 is 1.23 bits per heavy atom. The number of imidazole rings is 1. The van der Waals surface area contributed by atoms with Gasteiger partial charge in [0.05, 0.1) is 21.7 Å². The van der Waals surface area contributed by atoms with Crippen molar-refractivity contribution in [1.29, 1.82) is 0 Å². The van der Waals surface area contributed by atoms with Crippen LogP contribution in [0.1, 0.15) is 29.8 Å². The molecule has 3 N–H and O–H groups in total. The number of carbonyl (C=O) groups excluding carboxylic acids is 1. The summed E-state index contributed by atoms with van der Waals surface area (Å²) in [4.78, 5) is 20.7. The molecule has 2 aromatic carbocycles. The lowest BCUT2D eigenvalue weighted by atomic mass is 10.1. The molecule has 0 radical (unpaired) electrons. The first-order valence-corrected chi connectivity index (χ1v) is 12.1. The number of ketones is 1. The van der Waals surface area contributed by atoms with Crippen LogP contribution in [-0.2, 0) is 23.0 Å². The highest BCUT2D eigenvalue weighted by Crippen LogP contribution is 2.28. The number of para-hydroxylation sites is 1. The molecule has 0 amide bonds. The Labute approximate surface area is 178 Å². The van der Waals surface area contributed by atoms with Crippen LogP contribution in [-0.4, -0.2) is 34.5 Å². The van der Waals surface area contributed by atoms with Crippen LogP contribution >= 0.6 is 11.8 Å². The summed E-state index contributed by atoms with van der Waals surface area (Å²) in [6.45, 7) is 4.71. The molecule has 0 spiro atoms. The number of hydrogen-bond donors (Lipinski definition) is 2. The average Bonchev–Trinajstić information content (AvgIpc) is 3.31. The second-order valence-corrected chi connectivity index (χ2v) is 9.45. The summed E-state index contributed by atoms with van der Waals surface area (Å²) >= 11 is 1.34. The van der Waals surface area contributed by atoms with Crippen LogP contribution in [0.15, 0.2) is 52.6 Å². The Balaban J connectivity index is 1.62. The standard InChI is InChI=1S/C21H22N4O3S2/c1-3-13-6-5-7-15-16(11-23-20(13)15)19(26)12-29-21-24-17-10-14(30(22,27)28)8-9-18(17)25(21)4-2/h5-11,23H,3-4,12H2,1-2H3,(H2,22,27,28). The van der Waals surface area contributed by atoms with Gasteiger partial charge in [-0.05, 0) is 37.1 Å². The molecule has 0 saturated heterocycles. The van der Waals surface area contributed by atoms with Crippen LogP contribution in [0.2, 0.25) is 0 Å². The van der Waals surface area contributed by atoms with E-state index in [2.05, 4.69) is 23.0 Å². The number of aryl methyl sites for hydroxylation is 2. The number of primary sulfonamides is 1. The molecule has 0 unspecified atom stereocenters. The van der Waals surface area contributed by atoms with E-state index in [1.807, 2.05) is 23.6 Å². The van der Waals surface area contributed by atoms with Gasteiger partial charge in [0.25, 0.3) is 0 Å². The monoisotopic (exact) mass is 442 g/mol. The summed E-state index contributed by atoms with van der Waals surface area (Å²) in [6, 6.07) is 10.6. The lowest BCUT2D eigenvalue weighted by Gasteiger charge is -2.05. The molecule has 2 aromatic heterocycles. The van der Waals surface area contributed by atoms with Gasteiger partial charge in [0.2, 0.25) is 10.0 Å². The minimum Gasteiger partial charge on any atom is -0.360 e. The number of H-pyrrole nitrogens is 1. The molecule has 30 heavy (non-hydrogen) atoms. The highest BCUT2D eigenvalue weighted by atomic mass is 32.2. The van der Waals surface area contributed by atoms with Crippen LogP contribution < -0.4 is 5.14 Å². The van der Waals surface area contributed by atoms with Crippen molar-refractivity contribution in [3.63, 3.8) is 0 Å². The zero-order valence-electron chi connectivity index (χ0n) is 16.7. The second-order valence-electron chi connectivity index (χ2n) is 6.94. The second kappa shape index (κ2) is 7.90. The van der Waals surface area contributed by atoms with Gasteiger partial charge < -0.3 is 9.55 Å². The third-order valence-corrected chi connectivity index (χ3v) is 7.03. The highest BCUT2D eigenvalue weighted by Gasteiger charge is 2.18. The van der Waals surface area contributed by atoms with E-state index in [0.717, 1.165) is 22.8 Å². The third kappa shape index (κ3) is 3.64. The molecule has 0 aliphatic carbocycles. The number of rotatable bonds is 7. The number of aromatic nitrogens is 3. The fourth-order valence-electron chi connectivity index (χ4n) is 3.63. The van der Waals surface area contributed by atoms with Crippen LogP contribution in [0.5, 0.6) is 0 Å². The fourth-order valence-corrected chi connectivity index (χ4v) is 5.13. The molecule has 156 valence electrons. The molecule has 0 aliphatic heterocycles. The van der Waals surface area contributed by atoms with Crippen molar-refractivity contribution in [3.8, 4) is 0 Å². The van der Waals surface area contributed by atoms with Gasteiger partial charge >= 0.3 is 0 Å². The van der Waals surface area contributed by atoms with Gasteiger partial charge in [-0.15, -0.1) is 0 Å². The smallest absolute Gasteiger partial charge is 0.238 e. The van der Waals surface area contributed by atoms with Crippen LogP contribution in [0.4, 0.5) is 0 Å². The number of nitrogens with one attached hydrogen (secondary N) is 1. The molecule has 0 bridgehead atoms. The van der Waals surface area contributed by atoms with Crippen molar-refractivity contribution >= 4 is 49.5 Å². The molecular formula is C21H22N4O3S2. The topological polar surface area (TPSA) is 111 Å². The van der Waals surface area contributed by atoms with Crippen molar-refractivity contribution < 1.29 is 13.2 Å². The quantitative estimate of drug-likeness (QED) is 0.335. The van der Waals surface area contributed by atoms with Gasteiger partial charge in [-0.3, -0.25) is 4.79 Å². The van der Waals surface area contributed by atoms with E-state index in [9.17, 15) is 13.2 Å². The molecule has 9 heteroatoms. The maximum atomic E-state index is 12.9. The predicted molar refractivity (Wildman–Crippen MR) is 120 cm³/mol. The first-order valence-electron chi connectivity index (χ1n) is 9.61. The van der Waals surface area contributed by atoms with E-state index >= 15 is 0 Å². The number of benzene rings is 2. The number of aromatic amines is 1. The Kier molecular flexibility index (Phi) is 5.44. The van der Waals surface area contributed by atoms with Gasteiger partial charge in [0, 0.05) is 29.2 Å². The zero-order valence-corrected chi connectivity index (χ0v) is 18.3. The number of hydrogen-bond acceptors (Lipinski definition) is 5. The number of thioether (sulfide) groups is 1. The van der Waals surface area contributed by atoms with Crippen LogP contribution in [0, 0.1) is 0 Å². The number of sulfonamides is 1. The summed E-state index contributed by atoms with van der Waals surface area (Å²) in [6.07, 6.45) is 2.66. The Bertz CT molecular complexity index is 1370. The molecule has 4 rings (SSSR count). The lowest BCUT2D eigenvalue weighted by molar-refractivity contribution is 0.102. The molecule has 2 heterocycles. The summed E-state index contributed by atoms with van der Waals surface area (Å²) in [5, 5.41) is 6.83. The molecule has 7 nitrogen and oxygen atoms in total. The van der Waals surface area contributed by atoms with Gasteiger partial charge in [-0.2, -0.15) is 0 Å². The molecule has 0 fully saturated rings. The average molecular weight is 443 g/mol. The minimum atomic E-state index is -3.80. The Morgan fingerprint density at radius 3 is 2.73 bits per heavy atom. The number of fused-ring (bicyclic) bond motifs is 2. The SMILES string of the molecule is CCc1cccc2c(C(=O)CSc3nc4cc(S(N)(=O)=O)ccc4n3CC)c[nH]c12. The van der Waals surface area contributed by atoms with Crippen molar-refractivity contribution in [2.24, 2.45) is 5.14 Å². The van der Waals surface area contributed by atoms with Gasteiger partial charge in [-0.25, -0.2) is 18.5 Å². The predicted octanol–water partition coefficient (Wildman–Crippen LogP) is 3.72. The summed E-state index contributed by atoms with van der Waals surface area (Å²) < 4.78 is 25.2. The molecule has 4 aromatic rings. The molecule has 0 atom stereocenters. The van der Waals surface area contributed by atoms with E-state index in [1.165, 1.54) is 29.5 Å². The van der Waals surface area contributed by atoms with Crippen molar-refractivity contribution in [3.05, 3.63) is 53.7 Å². The first kappa shape index (κ1) is 20.6. The maximum absolute atomic E-state index is 12.9. The molecule has 0 aliphatic rings. The van der Waals surface area contributed by atoms with Crippen LogP contribution in [0.3, 0.4) is 0 Å². The van der Waals surface area contributed by atoms with Gasteiger partial charge in [0.1, 0.15) is 0 Å². The van der Waals surface area contributed by atoms with Crippen LogP contribution in [0.25, 0.3) is 21.9 Å². The summed E-state index contributed by atoms with van der Waals surface area (Å²) in [5.41, 5.74) is 4.20. The number of carbonyl (C=O) groups is 1. The summed E-state index contributed by atoms with van der Waals surface area (Å²) in [5.74, 6) is 0.244. The lowest BCUT2D eigenvalue weighted by Crippen LogP contribution is -2.11. The number of Topliss-reactive ketones (excluding diaryl/α,β-unsaturated/α-hetero) is 1. The van der Waals surface area contributed by atoms with Crippen molar-refractivity contribution in [2.45, 2.75) is 36.9 Å². The van der Waals surface area contributed by atoms with E-state index in [0.29, 0.717) is 22.8 Å². The normalized spacial score (nSPS) is 12.1. The van der Waals surface area contributed by atoms with E-state index < -0.39 is 10.0 Å². The van der Waals surface area contributed by atoms with Crippen molar-refractivity contribution in [2.75, 3.05) is 5.75 Å². The van der Waals surface area contributed by atoms with Crippen molar-refractivity contribution in [1.82, 2.24) is 14.5 Å². The Morgan fingerprint density at radius 2 is 2.03 bits per heavy atom. The minimum absolute atomic E-state index is 0.0134. The maximum Gasteiger partial charge on any atom is 0.238 e. The summed E-state index contributed by atoms with van der Waals surface area (Å²) in [7, 11) is -3.80. The van der Waals surface area contributed by atoms with Gasteiger partial charge in [-0.1, -0.05) is 36.9 Å². The zero-order chi connectivity index (χ0) is 21.5. The number of nitrogens with two attached hydrogens (primary N) is 1. The van der Waals surface area contributed by atoms with Gasteiger partial charge in [0.15, 0.2) is 10.9 Å². The molecule has 0 saturated carbocycles. The van der Waals surface area contributed by atoms with E-state index in [1.54, 1.807) is 12.3 Å². The number of nitrogens with zero attached hydrogens (tertiary/aromatic N) is 2. The largest absolute Gasteiger partial charge is 0.360 e. The van der Waals surface area contributed by atoms with E-state index in [-0.39, 0.29) is 16.4 Å². The Hall–Kier alpha value is -2.62. The fraction of sp³-hybridized carbons (Fsp3) is 0.238. The highest BCUT2D eigenvalue weighted by molar-refractivity contribution is 7.99. The van der Waals surface area contributed by atoms with E-state index in [4.69, 9.17) is 5.14 Å². The third-order valence-electron chi connectivity index (χ3n) is 5.14.